The number of hydrogen-bond acceptors (Lipinski definition) is 6. The first-order valence-corrected chi connectivity index (χ1v) is 16.9. The van der Waals surface area contributed by atoms with E-state index in [2.05, 4.69) is 58.7 Å². The van der Waals surface area contributed by atoms with Gasteiger partial charge in [0.05, 0.1) is 7.11 Å². The van der Waals surface area contributed by atoms with Gasteiger partial charge in [-0.2, -0.15) is 11.8 Å². The molecule has 0 aromatic rings. The van der Waals surface area contributed by atoms with Gasteiger partial charge in [0.1, 0.15) is 6.04 Å². The Labute approximate surface area is 261 Å². The van der Waals surface area contributed by atoms with Crippen molar-refractivity contribution in [3.8, 4) is 0 Å². The number of thioether (sulfide) groups is 1. The first-order chi connectivity index (χ1) is 20.1. The number of hydrogen-bond donors (Lipinski definition) is 2. The molecule has 3 saturated carbocycles. The minimum Gasteiger partial charge on any atom is -0.504 e. The molecule has 0 heterocycles. The first kappa shape index (κ1) is 31.9. The fourth-order valence-corrected chi connectivity index (χ4v) is 10.3. The predicted molar refractivity (Wildman–Crippen MR) is 172 cm³/mol. The number of esters is 1. The molecule has 2 N–H and O–H groups in total. The van der Waals surface area contributed by atoms with Crippen LogP contribution in [0.25, 0.3) is 0 Å². The number of fused-ring (bicyclic) bond motifs is 7. The zero-order valence-corrected chi connectivity index (χ0v) is 27.8. The molecule has 5 aliphatic carbocycles. The summed E-state index contributed by atoms with van der Waals surface area (Å²) in [6, 6.07) is -0.688. The molecule has 43 heavy (non-hydrogen) atoms. The third-order valence-electron chi connectivity index (χ3n) is 12.7. The Kier molecular flexibility index (Phi) is 8.02. The summed E-state index contributed by atoms with van der Waals surface area (Å²) in [6.07, 6.45) is 14.5. The fourth-order valence-electron chi connectivity index (χ4n) is 9.58. The Bertz CT molecular complexity index is 1390. The number of allylic oxidation sites excluding steroid dienone is 7. The molecule has 234 valence electrons. The van der Waals surface area contributed by atoms with E-state index in [9.17, 15) is 19.5 Å². The first-order valence-electron chi connectivity index (χ1n) is 15.8. The Morgan fingerprint density at radius 1 is 1.12 bits per heavy atom. The molecule has 0 aromatic heterocycles. The highest BCUT2D eigenvalue weighted by Crippen LogP contribution is 2.75. The van der Waals surface area contributed by atoms with Crippen molar-refractivity contribution in [1.82, 2.24) is 5.32 Å². The highest BCUT2D eigenvalue weighted by atomic mass is 32.2. The number of aliphatic hydroxyl groups excluding tert-OH is 1. The average Bonchev–Trinajstić information content (AvgIpc) is 2.97. The standard InChI is InChI=1S/C36H49NO5S/c1-9-18-43-21-25(30(40)42-8)37-31(41)33(4)13-12-32(3)14-16-35(6)27-11-10-23-22(2)29(39)26(38)19-24(23)34(27,5)15-17-36(35,7)28(32)20-33/h9-11,19,25,28,39H,1,12-18,20-21H2,2-8H3,(H,37,41)/t25?,28?,32-,33-,34+,35-,36+/m1/s1. The molecule has 5 rings (SSSR count). The molecule has 0 radical (unpaired) electrons. The number of carbonyl (C=O) groups excluding carboxylic acids is 3. The minimum absolute atomic E-state index is 0.0491. The van der Waals surface area contributed by atoms with E-state index in [1.54, 1.807) is 23.9 Å². The molecule has 7 atom stereocenters. The summed E-state index contributed by atoms with van der Waals surface area (Å²) in [5.74, 6) is 0.545. The lowest BCUT2D eigenvalue weighted by molar-refractivity contribution is -0.170. The summed E-state index contributed by atoms with van der Waals surface area (Å²) in [5, 5.41) is 13.5. The van der Waals surface area contributed by atoms with Gasteiger partial charge in [-0.3, -0.25) is 9.59 Å². The van der Waals surface area contributed by atoms with Gasteiger partial charge in [0.15, 0.2) is 5.76 Å². The van der Waals surface area contributed by atoms with Gasteiger partial charge in [0, 0.05) is 27.9 Å². The Morgan fingerprint density at radius 3 is 2.49 bits per heavy atom. The molecule has 0 spiro atoms. The van der Waals surface area contributed by atoms with Crippen LogP contribution in [0, 0.1) is 33.0 Å². The van der Waals surface area contributed by atoms with Crippen LogP contribution in [0.3, 0.4) is 0 Å². The van der Waals surface area contributed by atoms with Crippen molar-refractivity contribution < 1.29 is 24.2 Å². The molecular weight excluding hydrogens is 558 g/mol. The van der Waals surface area contributed by atoms with E-state index < -0.39 is 17.4 Å². The van der Waals surface area contributed by atoms with Crippen LogP contribution in [0.2, 0.25) is 0 Å². The Balaban J connectivity index is 1.48. The maximum Gasteiger partial charge on any atom is 0.329 e. The van der Waals surface area contributed by atoms with Crippen LogP contribution < -0.4 is 5.32 Å². The Morgan fingerprint density at radius 2 is 1.81 bits per heavy atom. The van der Waals surface area contributed by atoms with E-state index in [0.717, 1.165) is 56.1 Å². The lowest BCUT2D eigenvalue weighted by Gasteiger charge is -2.70. The molecule has 0 aliphatic heterocycles. The number of carbonyl (C=O) groups is 3. The second-order valence-electron chi connectivity index (χ2n) is 15.0. The van der Waals surface area contributed by atoms with Crippen molar-refractivity contribution in [3.63, 3.8) is 0 Å². The van der Waals surface area contributed by atoms with Crippen LogP contribution in [0.15, 0.2) is 58.9 Å². The summed E-state index contributed by atoms with van der Waals surface area (Å²) in [4.78, 5) is 39.4. The third kappa shape index (κ3) is 4.71. The lowest BCUT2D eigenvalue weighted by Crippen LogP contribution is -2.63. The van der Waals surface area contributed by atoms with Crippen LogP contribution >= 0.6 is 11.8 Å². The van der Waals surface area contributed by atoms with Crippen molar-refractivity contribution in [2.24, 2.45) is 33.0 Å². The molecule has 7 heteroatoms. The molecule has 2 unspecified atom stereocenters. The van der Waals surface area contributed by atoms with Crippen LogP contribution in [-0.2, 0) is 19.1 Å². The third-order valence-corrected chi connectivity index (χ3v) is 13.8. The molecule has 6 nitrogen and oxygen atoms in total. The smallest absolute Gasteiger partial charge is 0.329 e. The number of aliphatic hydroxyl groups is 1. The molecule has 0 aromatic carbocycles. The molecule has 3 fully saturated rings. The van der Waals surface area contributed by atoms with E-state index >= 15 is 0 Å². The number of rotatable bonds is 7. The van der Waals surface area contributed by atoms with Crippen molar-refractivity contribution in [3.05, 3.63) is 58.9 Å². The van der Waals surface area contributed by atoms with Gasteiger partial charge >= 0.3 is 5.97 Å². The normalized spacial score (nSPS) is 39.1. The summed E-state index contributed by atoms with van der Waals surface area (Å²) in [7, 11) is 1.37. The van der Waals surface area contributed by atoms with E-state index in [1.165, 1.54) is 12.7 Å². The van der Waals surface area contributed by atoms with Crippen LogP contribution in [-0.4, -0.2) is 47.4 Å². The highest BCUT2D eigenvalue weighted by molar-refractivity contribution is 7.99. The van der Waals surface area contributed by atoms with Gasteiger partial charge in [0.2, 0.25) is 11.7 Å². The topological polar surface area (TPSA) is 92.7 Å². The van der Waals surface area contributed by atoms with Crippen molar-refractivity contribution >= 4 is 29.4 Å². The zero-order chi connectivity index (χ0) is 31.6. The van der Waals surface area contributed by atoms with Crippen LogP contribution in [0.1, 0.15) is 86.5 Å². The van der Waals surface area contributed by atoms with Crippen molar-refractivity contribution in [2.75, 3.05) is 18.6 Å². The molecule has 1 amide bonds. The largest absolute Gasteiger partial charge is 0.504 e. The summed E-state index contributed by atoms with van der Waals surface area (Å²) in [6.45, 7) is 17.3. The average molecular weight is 608 g/mol. The Hall–Kier alpha value is -2.54. The second-order valence-corrected chi connectivity index (χ2v) is 16.1. The molecular formula is C36H49NO5S. The predicted octanol–water partition coefficient (Wildman–Crippen LogP) is 7.19. The van der Waals surface area contributed by atoms with Gasteiger partial charge in [-0.15, -0.1) is 6.58 Å². The quantitative estimate of drug-likeness (QED) is 0.181. The van der Waals surface area contributed by atoms with E-state index in [-0.39, 0.29) is 39.1 Å². The second kappa shape index (κ2) is 10.8. The number of methoxy groups -OCH3 is 1. The number of ketones is 1. The van der Waals surface area contributed by atoms with E-state index in [1.807, 2.05) is 6.92 Å². The van der Waals surface area contributed by atoms with E-state index in [0.29, 0.717) is 23.0 Å². The molecule has 0 bridgehead atoms. The van der Waals surface area contributed by atoms with Gasteiger partial charge in [0.25, 0.3) is 0 Å². The minimum atomic E-state index is -0.688. The maximum absolute atomic E-state index is 14.0. The molecule has 5 aliphatic rings. The summed E-state index contributed by atoms with van der Waals surface area (Å²) >= 11 is 1.56. The SMILES string of the molecule is C=CCSCC(NC(=O)[C@]1(C)CC[C@]2(C)CC[C@]3(C)C4=CC=C5C(=CC(=O)C(O)=C5C)[C@]4(C)CC[C@@]3(C)C2C1)C(=O)OC. The van der Waals surface area contributed by atoms with Crippen molar-refractivity contribution in [1.29, 1.82) is 0 Å². The van der Waals surface area contributed by atoms with Crippen LogP contribution in [0.4, 0.5) is 0 Å². The van der Waals surface area contributed by atoms with Crippen LogP contribution in [0.5, 0.6) is 0 Å². The number of nitrogens with one attached hydrogen (secondary N) is 1. The van der Waals surface area contributed by atoms with Gasteiger partial charge < -0.3 is 15.2 Å². The van der Waals surface area contributed by atoms with Gasteiger partial charge in [-0.25, -0.2) is 4.79 Å². The summed E-state index contributed by atoms with van der Waals surface area (Å²) in [5.41, 5.74) is 3.16. The summed E-state index contributed by atoms with van der Waals surface area (Å²) < 4.78 is 5.04. The monoisotopic (exact) mass is 607 g/mol. The maximum atomic E-state index is 14.0. The van der Waals surface area contributed by atoms with E-state index in [4.69, 9.17) is 4.74 Å². The van der Waals surface area contributed by atoms with Crippen molar-refractivity contribution in [2.45, 2.75) is 92.5 Å². The lowest BCUT2D eigenvalue weighted by atomic mass is 9.34. The van der Waals surface area contributed by atoms with Gasteiger partial charge in [-0.05, 0) is 91.3 Å². The molecule has 0 saturated heterocycles. The highest BCUT2D eigenvalue weighted by Gasteiger charge is 2.67. The number of amides is 1. The fraction of sp³-hybridized carbons (Fsp3) is 0.639. The number of ether oxygens (including phenoxy) is 1. The van der Waals surface area contributed by atoms with Gasteiger partial charge in [-0.1, -0.05) is 58.4 Å². The zero-order valence-electron chi connectivity index (χ0n) is 27.0.